The van der Waals surface area contributed by atoms with Crippen molar-refractivity contribution in [3.05, 3.63) is 47.6 Å². The summed E-state index contributed by atoms with van der Waals surface area (Å²) in [6.45, 7) is 3.66. The van der Waals surface area contributed by atoms with Crippen molar-refractivity contribution in [1.82, 2.24) is 15.5 Å². The Labute approximate surface area is 98.8 Å². The maximum atomic E-state index is 11.8. The van der Waals surface area contributed by atoms with Crippen molar-refractivity contribution in [1.29, 1.82) is 0 Å². The lowest BCUT2D eigenvalue weighted by Gasteiger charge is -2.12. The number of nitrogens with one attached hydrogen (secondary N) is 1. The summed E-state index contributed by atoms with van der Waals surface area (Å²) in [5, 5.41) is 6.48. The Kier molecular flexibility index (Phi) is 3.18. The first-order valence-corrected chi connectivity index (χ1v) is 5.31. The molecule has 17 heavy (non-hydrogen) atoms. The van der Waals surface area contributed by atoms with Crippen molar-refractivity contribution in [3.8, 4) is 0 Å². The molecule has 1 unspecified atom stereocenters. The molecule has 0 aromatic carbocycles. The van der Waals surface area contributed by atoms with E-state index in [1.807, 2.05) is 19.1 Å². The van der Waals surface area contributed by atoms with Crippen LogP contribution in [0.1, 0.15) is 34.8 Å². The predicted octanol–water partition coefficient (Wildman–Crippen LogP) is 1.87. The van der Waals surface area contributed by atoms with Crippen LogP contribution in [0.4, 0.5) is 0 Å². The molecule has 88 valence electrons. The third-order valence-corrected chi connectivity index (χ3v) is 2.38. The summed E-state index contributed by atoms with van der Waals surface area (Å²) in [5.41, 5.74) is 1.63. The number of amides is 1. The van der Waals surface area contributed by atoms with Gasteiger partial charge in [-0.3, -0.25) is 9.78 Å². The zero-order valence-electron chi connectivity index (χ0n) is 9.68. The first-order chi connectivity index (χ1) is 8.16. The molecule has 2 rings (SSSR count). The van der Waals surface area contributed by atoms with E-state index < -0.39 is 0 Å². The van der Waals surface area contributed by atoms with Gasteiger partial charge in [0.25, 0.3) is 5.91 Å². The summed E-state index contributed by atoms with van der Waals surface area (Å²) < 4.78 is 4.89. The fourth-order valence-electron chi connectivity index (χ4n) is 1.45. The molecular formula is C12H13N3O2. The number of hydrogen-bond donors (Lipinski definition) is 1. The van der Waals surface area contributed by atoms with Gasteiger partial charge in [0.2, 0.25) is 5.76 Å². The van der Waals surface area contributed by atoms with E-state index in [9.17, 15) is 4.79 Å². The number of carbonyl (C=O) groups is 1. The van der Waals surface area contributed by atoms with Gasteiger partial charge in [0.15, 0.2) is 0 Å². The highest BCUT2D eigenvalue weighted by Crippen LogP contribution is 2.11. The van der Waals surface area contributed by atoms with Crippen LogP contribution in [0.3, 0.4) is 0 Å². The number of hydrogen-bond acceptors (Lipinski definition) is 4. The molecule has 5 nitrogen and oxygen atoms in total. The van der Waals surface area contributed by atoms with Crippen molar-refractivity contribution in [2.45, 2.75) is 19.9 Å². The molecule has 2 heterocycles. The Morgan fingerprint density at radius 1 is 1.53 bits per heavy atom. The lowest BCUT2D eigenvalue weighted by Crippen LogP contribution is -2.26. The predicted molar refractivity (Wildman–Crippen MR) is 61.4 cm³/mol. The van der Waals surface area contributed by atoms with Crippen LogP contribution < -0.4 is 5.32 Å². The molecule has 0 saturated heterocycles. The number of pyridine rings is 1. The summed E-state index contributed by atoms with van der Waals surface area (Å²) in [6, 6.07) is 5.22. The van der Waals surface area contributed by atoms with Gasteiger partial charge in [0, 0.05) is 18.5 Å². The lowest BCUT2D eigenvalue weighted by molar-refractivity contribution is 0.0902. The molecule has 1 N–H and O–H groups in total. The standard InChI is InChI=1S/C12H13N3O2/c1-8-6-11(17-15-8)12(16)14-9(2)10-4-3-5-13-7-10/h3-7,9H,1-2H3,(H,14,16). The second-order valence-corrected chi connectivity index (χ2v) is 3.81. The number of nitrogens with zero attached hydrogens (tertiary/aromatic N) is 2. The third-order valence-electron chi connectivity index (χ3n) is 2.38. The van der Waals surface area contributed by atoms with E-state index in [2.05, 4.69) is 15.5 Å². The molecule has 1 atom stereocenters. The molecule has 2 aromatic heterocycles. The Bertz CT molecular complexity index is 507. The van der Waals surface area contributed by atoms with Crippen molar-refractivity contribution in [3.63, 3.8) is 0 Å². The molecule has 0 aliphatic carbocycles. The average Bonchev–Trinajstić information content (AvgIpc) is 2.77. The Balaban J connectivity index is 2.04. The van der Waals surface area contributed by atoms with Gasteiger partial charge < -0.3 is 9.84 Å². The van der Waals surface area contributed by atoms with Gasteiger partial charge in [-0.05, 0) is 25.5 Å². The highest BCUT2D eigenvalue weighted by atomic mass is 16.5. The van der Waals surface area contributed by atoms with Crippen LogP contribution in [0.5, 0.6) is 0 Å². The van der Waals surface area contributed by atoms with E-state index in [-0.39, 0.29) is 17.7 Å². The van der Waals surface area contributed by atoms with Crippen molar-refractivity contribution in [2.75, 3.05) is 0 Å². The molecule has 0 aliphatic heterocycles. The molecule has 0 fully saturated rings. The topological polar surface area (TPSA) is 68.0 Å². The SMILES string of the molecule is Cc1cc(C(=O)NC(C)c2cccnc2)on1. The van der Waals surface area contributed by atoms with Crippen LogP contribution in [0.2, 0.25) is 0 Å². The largest absolute Gasteiger partial charge is 0.351 e. The summed E-state index contributed by atoms with van der Waals surface area (Å²) >= 11 is 0. The molecule has 5 heteroatoms. The van der Waals surface area contributed by atoms with E-state index in [4.69, 9.17) is 4.52 Å². The van der Waals surface area contributed by atoms with Crippen LogP contribution in [-0.4, -0.2) is 16.0 Å². The number of aromatic nitrogens is 2. The number of rotatable bonds is 3. The van der Waals surface area contributed by atoms with E-state index in [0.717, 1.165) is 5.56 Å². The van der Waals surface area contributed by atoms with Crippen LogP contribution in [-0.2, 0) is 0 Å². The highest BCUT2D eigenvalue weighted by Gasteiger charge is 2.15. The third kappa shape index (κ3) is 2.69. The number of carbonyl (C=O) groups excluding carboxylic acids is 1. The fraction of sp³-hybridized carbons (Fsp3) is 0.250. The average molecular weight is 231 g/mol. The number of aryl methyl sites for hydroxylation is 1. The minimum Gasteiger partial charge on any atom is -0.351 e. The summed E-state index contributed by atoms with van der Waals surface area (Å²) in [6.07, 6.45) is 3.41. The van der Waals surface area contributed by atoms with Crippen LogP contribution in [0.25, 0.3) is 0 Å². The van der Waals surface area contributed by atoms with Gasteiger partial charge in [-0.25, -0.2) is 0 Å². The second-order valence-electron chi connectivity index (χ2n) is 3.81. The van der Waals surface area contributed by atoms with Crippen LogP contribution in [0, 0.1) is 6.92 Å². The van der Waals surface area contributed by atoms with E-state index >= 15 is 0 Å². The molecular weight excluding hydrogens is 218 g/mol. The summed E-state index contributed by atoms with van der Waals surface area (Å²) in [7, 11) is 0. The Hall–Kier alpha value is -2.17. The van der Waals surface area contributed by atoms with Gasteiger partial charge in [0.1, 0.15) is 0 Å². The monoisotopic (exact) mass is 231 g/mol. The second kappa shape index (κ2) is 4.78. The Morgan fingerprint density at radius 2 is 2.35 bits per heavy atom. The van der Waals surface area contributed by atoms with Gasteiger partial charge in [-0.1, -0.05) is 11.2 Å². The van der Waals surface area contributed by atoms with E-state index in [1.165, 1.54) is 0 Å². The molecule has 0 spiro atoms. The normalized spacial score (nSPS) is 12.1. The van der Waals surface area contributed by atoms with Gasteiger partial charge in [-0.15, -0.1) is 0 Å². The molecule has 0 radical (unpaired) electrons. The maximum Gasteiger partial charge on any atom is 0.290 e. The fourth-order valence-corrected chi connectivity index (χ4v) is 1.45. The smallest absolute Gasteiger partial charge is 0.290 e. The van der Waals surface area contributed by atoms with Crippen molar-refractivity contribution in [2.24, 2.45) is 0 Å². The molecule has 0 aliphatic rings. The maximum absolute atomic E-state index is 11.8. The minimum atomic E-state index is -0.276. The molecule has 1 amide bonds. The van der Waals surface area contributed by atoms with E-state index in [1.54, 1.807) is 25.4 Å². The molecule has 2 aromatic rings. The van der Waals surface area contributed by atoms with Gasteiger partial charge in [-0.2, -0.15) is 0 Å². The highest BCUT2D eigenvalue weighted by molar-refractivity contribution is 5.91. The van der Waals surface area contributed by atoms with E-state index in [0.29, 0.717) is 5.69 Å². The minimum absolute atomic E-state index is 0.124. The zero-order chi connectivity index (χ0) is 12.3. The first kappa shape index (κ1) is 11.3. The quantitative estimate of drug-likeness (QED) is 0.875. The van der Waals surface area contributed by atoms with Crippen LogP contribution in [0.15, 0.2) is 35.1 Å². The van der Waals surface area contributed by atoms with Crippen LogP contribution >= 0.6 is 0 Å². The Morgan fingerprint density at radius 3 is 2.94 bits per heavy atom. The molecule has 0 saturated carbocycles. The zero-order valence-corrected chi connectivity index (χ0v) is 9.68. The summed E-state index contributed by atoms with van der Waals surface area (Å²) in [4.78, 5) is 15.8. The van der Waals surface area contributed by atoms with Crippen molar-refractivity contribution < 1.29 is 9.32 Å². The summed E-state index contributed by atoms with van der Waals surface area (Å²) in [5.74, 6) is -0.0554. The molecule has 0 bridgehead atoms. The first-order valence-electron chi connectivity index (χ1n) is 5.31. The van der Waals surface area contributed by atoms with Gasteiger partial charge in [0.05, 0.1) is 11.7 Å². The van der Waals surface area contributed by atoms with Crippen molar-refractivity contribution >= 4 is 5.91 Å². The van der Waals surface area contributed by atoms with Gasteiger partial charge >= 0.3 is 0 Å². The lowest BCUT2D eigenvalue weighted by atomic mass is 10.1.